The zero-order chi connectivity index (χ0) is 17.8. The molecule has 1 heterocycles. The van der Waals surface area contributed by atoms with Crippen LogP contribution in [0.5, 0.6) is 0 Å². The predicted octanol–water partition coefficient (Wildman–Crippen LogP) is 2.23. The Bertz CT molecular complexity index is 789. The van der Waals surface area contributed by atoms with Crippen LogP contribution < -0.4 is 10.6 Å². The Morgan fingerprint density at radius 3 is 2.48 bits per heavy atom. The van der Waals surface area contributed by atoms with E-state index in [1.165, 1.54) is 0 Å². The summed E-state index contributed by atoms with van der Waals surface area (Å²) in [7, 11) is 0. The fourth-order valence-corrected chi connectivity index (χ4v) is 2.76. The summed E-state index contributed by atoms with van der Waals surface area (Å²) in [4.78, 5) is 37.3. The van der Waals surface area contributed by atoms with E-state index < -0.39 is 6.03 Å². The fraction of sp³-hybridized carbons (Fsp3) is 0.211. The Balaban J connectivity index is 1.77. The molecule has 3 rings (SSSR count). The molecule has 1 fully saturated rings. The summed E-state index contributed by atoms with van der Waals surface area (Å²) >= 11 is 0. The number of carbonyl (C=O) groups is 3. The zero-order valence-corrected chi connectivity index (χ0v) is 13.9. The average Bonchev–Trinajstić information content (AvgIpc) is 2.95. The minimum atomic E-state index is -0.433. The number of carbonyl (C=O) groups excluding carboxylic acids is 3. The molecule has 0 radical (unpaired) electrons. The molecular formula is C19H19N3O3. The Labute approximate surface area is 145 Å². The van der Waals surface area contributed by atoms with Gasteiger partial charge in [-0.1, -0.05) is 48.5 Å². The van der Waals surface area contributed by atoms with Gasteiger partial charge in [0.25, 0.3) is 5.91 Å². The van der Waals surface area contributed by atoms with Gasteiger partial charge in [-0.25, -0.2) is 4.79 Å². The summed E-state index contributed by atoms with van der Waals surface area (Å²) < 4.78 is 0. The van der Waals surface area contributed by atoms with Crippen molar-refractivity contribution in [1.82, 2.24) is 15.5 Å². The molecule has 25 heavy (non-hydrogen) atoms. The summed E-state index contributed by atoms with van der Waals surface area (Å²) in [5, 5.41) is 5.44. The molecule has 0 aliphatic carbocycles. The second kappa shape index (κ2) is 7.17. The van der Waals surface area contributed by atoms with E-state index in [1.54, 1.807) is 24.3 Å². The van der Waals surface area contributed by atoms with Crippen LogP contribution >= 0.6 is 0 Å². The molecule has 1 aliphatic rings. The predicted molar refractivity (Wildman–Crippen MR) is 92.7 cm³/mol. The SMILES string of the molecule is CC(NC(=O)c1ccccc1CN1C(=O)CNC1=O)c1ccccc1. The molecule has 1 saturated heterocycles. The third-order valence-corrected chi connectivity index (χ3v) is 4.17. The van der Waals surface area contributed by atoms with Crippen molar-refractivity contribution in [2.24, 2.45) is 0 Å². The maximum Gasteiger partial charge on any atom is 0.324 e. The van der Waals surface area contributed by atoms with Gasteiger partial charge in [0.15, 0.2) is 0 Å². The Hall–Kier alpha value is -3.15. The van der Waals surface area contributed by atoms with Crippen LogP contribution in [0.25, 0.3) is 0 Å². The van der Waals surface area contributed by atoms with Crippen LogP contribution in [-0.2, 0) is 11.3 Å². The van der Waals surface area contributed by atoms with E-state index >= 15 is 0 Å². The van der Waals surface area contributed by atoms with Crippen molar-refractivity contribution in [1.29, 1.82) is 0 Å². The molecule has 1 unspecified atom stereocenters. The average molecular weight is 337 g/mol. The molecule has 4 amide bonds. The third kappa shape index (κ3) is 3.68. The lowest BCUT2D eigenvalue weighted by atomic mass is 10.0. The molecular weight excluding hydrogens is 318 g/mol. The van der Waals surface area contributed by atoms with Crippen LogP contribution in [-0.4, -0.2) is 29.3 Å². The van der Waals surface area contributed by atoms with E-state index in [4.69, 9.17) is 0 Å². The van der Waals surface area contributed by atoms with Crippen LogP contribution in [0.4, 0.5) is 4.79 Å². The second-order valence-corrected chi connectivity index (χ2v) is 5.90. The molecule has 0 spiro atoms. The molecule has 6 heteroatoms. The molecule has 2 aromatic carbocycles. The van der Waals surface area contributed by atoms with Crippen molar-refractivity contribution >= 4 is 17.8 Å². The highest BCUT2D eigenvalue weighted by Gasteiger charge is 2.29. The maximum absolute atomic E-state index is 12.7. The highest BCUT2D eigenvalue weighted by atomic mass is 16.2. The number of benzene rings is 2. The van der Waals surface area contributed by atoms with Crippen molar-refractivity contribution in [2.45, 2.75) is 19.5 Å². The first kappa shape index (κ1) is 16.7. The molecule has 6 nitrogen and oxygen atoms in total. The lowest BCUT2D eigenvalue weighted by Crippen LogP contribution is -2.32. The van der Waals surface area contributed by atoms with E-state index in [1.807, 2.05) is 37.3 Å². The molecule has 0 saturated carbocycles. The van der Waals surface area contributed by atoms with Crippen LogP contribution in [0.2, 0.25) is 0 Å². The maximum atomic E-state index is 12.7. The van der Waals surface area contributed by atoms with Gasteiger partial charge in [0.1, 0.15) is 0 Å². The van der Waals surface area contributed by atoms with Crippen LogP contribution in [0.3, 0.4) is 0 Å². The van der Waals surface area contributed by atoms with Gasteiger partial charge in [-0.3, -0.25) is 14.5 Å². The van der Waals surface area contributed by atoms with Gasteiger partial charge in [0.2, 0.25) is 5.91 Å². The molecule has 0 bridgehead atoms. The second-order valence-electron chi connectivity index (χ2n) is 5.90. The van der Waals surface area contributed by atoms with E-state index in [-0.39, 0.29) is 30.9 Å². The quantitative estimate of drug-likeness (QED) is 0.821. The fourth-order valence-electron chi connectivity index (χ4n) is 2.76. The Morgan fingerprint density at radius 1 is 1.12 bits per heavy atom. The lowest BCUT2D eigenvalue weighted by Gasteiger charge is -2.18. The van der Waals surface area contributed by atoms with Gasteiger partial charge in [-0.05, 0) is 24.1 Å². The van der Waals surface area contributed by atoms with Crippen molar-refractivity contribution < 1.29 is 14.4 Å². The zero-order valence-electron chi connectivity index (χ0n) is 13.9. The summed E-state index contributed by atoms with van der Waals surface area (Å²) in [5.74, 6) is -0.531. The largest absolute Gasteiger partial charge is 0.346 e. The van der Waals surface area contributed by atoms with Gasteiger partial charge in [-0.2, -0.15) is 0 Å². The first-order valence-corrected chi connectivity index (χ1v) is 8.08. The number of urea groups is 1. The van der Waals surface area contributed by atoms with Crippen molar-refractivity contribution in [3.8, 4) is 0 Å². The van der Waals surface area contributed by atoms with Gasteiger partial charge in [-0.15, -0.1) is 0 Å². The number of nitrogens with zero attached hydrogens (tertiary/aromatic N) is 1. The van der Waals surface area contributed by atoms with Crippen molar-refractivity contribution in [2.75, 3.05) is 6.54 Å². The smallest absolute Gasteiger partial charge is 0.324 e. The van der Waals surface area contributed by atoms with E-state index in [0.29, 0.717) is 11.1 Å². The van der Waals surface area contributed by atoms with Crippen molar-refractivity contribution in [3.05, 3.63) is 71.3 Å². The monoisotopic (exact) mass is 337 g/mol. The molecule has 0 aromatic heterocycles. The molecule has 128 valence electrons. The number of amides is 4. The van der Waals surface area contributed by atoms with Gasteiger partial charge in [0.05, 0.1) is 19.1 Å². The summed E-state index contributed by atoms with van der Waals surface area (Å²) in [6, 6.07) is 16.1. The van der Waals surface area contributed by atoms with Crippen molar-refractivity contribution in [3.63, 3.8) is 0 Å². The van der Waals surface area contributed by atoms with Crippen LogP contribution in [0, 0.1) is 0 Å². The third-order valence-electron chi connectivity index (χ3n) is 4.17. The van der Waals surface area contributed by atoms with Gasteiger partial charge in [0, 0.05) is 5.56 Å². The van der Waals surface area contributed by atoms with Gasteiger partial charge < -0.3 is 10.6 Å². The minimum absolute atomic E-state index is 0.00175. The van der Waals surface area contributed by atoms with Crippen LogP contribution in [0.1, 0.15) is 34.5 Å². The standard InChI is InChI=1S/C19H19N3O3/c1-13(14-7-3-2-4-8-14)21-18(24)16-10-6-5-9-15(16)12-22-17(23)11-20-19(22)25/h2-10,13H,11-12H2,1H3,(H,20,25)(H,21,24). The number of rotatable bonds is 5. The topological polar surface area (TPSA) is 78.5 Å². The number of hydrogen-bond donors (Lipinski definition) is 2. The highest BCUT2D eigenvalue weighted by molar-refractivity contribution is 6.02. The van der Waals surface area contributed by atoms with E-state index in [0.717, 1.165) is 10.5 Å². The first-order valence-electron chi connectivity index (χ1n) is 8.08. The normalized spacial score (nSPS) is 15.0. The molecule has 1 atom stereocenters. The summed E-state index contributed by atoms with van der Waals surface area (Å²) in [6.45, 7) is 1.99. The minimum Gasteiger partial charge on any atom is -0.346 e. The van der Waals surface area contributed by atoms with E-state index in [2.05, 4.69) is 10.6 Å². The first-order chi connectivity index (χ1) is 12.1. The Morgan fingerprint density at radius 2 is 1.80 bits per heavy atom. The molecule has 1 aliphatic heterocycles. The lowest BCUT2D eigenvalue weighted by molar-refractivity contribution is -0.125. The number of imide groups is 1. The summed E-state index contributed by atoms with van der Waals surface area (Å²) in [6.07, 6.45) is 0. The van der Waals surface area contributed by atoms with Crippen LogP contribution in [0.15, 0.2) is 54.6 Å². The molecule has 2 N–H and O–H groups in total. The van der Waals surface area contributed by atoms with Gasteiger partial charge >= 0.3 is 6.03 Å². The summed E-state index contributed by atoms with van der Waals surface area (Å²) in [5.41, 5.74) is 2.09. The molecule has 2 aromatic rings. The number of nitrogens with one attached hydrogen (secondary N) is 2. The number of hydrogen-bond acceptors (Lipinski definition) is 3. The van der Waals surface area contributed by atoms with E-state index in [9.17, 15) is 14.4 Å². The highest BCUT2D eigenvalue weighted by Crippen LogP contribution is 2.17. The Kier molecular flexibility index (Phi) is 4.79.